The SMILES string of the molecule is CC1(C2CCCC2)CNC(=O)C1. The van der Waals surface area contributed by atoms with Gasteiger partial charge in [0.2, 0.25) is 5.91 Å². The summed E-state index contributed by atoms with van der Waals surface area (Å²) >= 11 is 0. The van der Waals surface area contributed by atoms with Gasteiger partial charge in [-0.2, -0.15) is 0 Å². The van der Waals surface area contributed by atoms with Crippen molar-refractivity contribution in [3.8, 4) is 0 Å². The lowest BCUT2D eigenvalue weighted by atomic mass is 9.75. The maximum absolute atomic E-state index is 11.1. The molecule has 68 valence electrons. The Morgan fingerprint density at radius 2 is 2.08 bits per heavy atom. The van der Waals surface area contributed by atoms with Gasteiger partial charge in [0.1, 0.15) is 0 Å². The molecule has 1 saturated carbocycles. The zero-order valence-electron chi connectivity index (χ0n) is 7.73. The van der Waals surface area contributed by atoms with Crippen LogP contribution in [0.25, 0.3) is 0 Å². The van der Waals surface area contributed by atoms with Crippen LogP contribution in [-0.4, -0.2) is 12.5 Å². The van der Waals surface area contributed by atoms with Crippen LogP contribution in [0.15, 0.2) is 0 Å². The van der Waals surface area contributed by atoms with Gasteiger partial charge in [-0.1, -0.05) is 19.8 Å². The molecule has 1 saturated heterocycles. The zero-order chi connectivity index (χ0) is 8.60. The molecule has 0 bridgehead atoms. The van der Waals surface area contributed by atoms with E-state index >= 15 is 0 Å². The van der Waals surface area contributed by atoms with Crippen LogP contribution in [0.2, 0.25) is 0 Å². The molecule has 1 amide bonds. The molecule has 1 unspecified atom stereocenters. The Morgan fingerprint density at radius 1 is 1.42 bits per heavy atom. The highest BCUT2D eigenvalue weighted by molar-refractivity contribution is 5.79. The van der Waals surface area contributed by atoms with Crippen molar-refractivity contribution in [2.45, 2.75) is 39.0 Å². The molecule has 0 aromatic carbocycles. The summed E-state index contributed by atoms with van der Waals surface area (Å²) in [5.41, 5.74) is 0.285. The minimum absolute atomic E-state index is 0.254. The van der Waals surface area contributed by atoms with Gasteiger partial charge in [0, 0.05) is 13.0 Å². The molecule has 1 aliphatic carbocycles. The van der Waals surface area contributed by atoms with Crippen molar-refractivity contribution in [1.29, 1.82) is 0 Å². The fourth-order valence-corrected chi connectivity index (χ4v) is 2.70. The minimum atomic E-state index is 0.254. The van der Waals surface area contributed by atoms with Crippen molar-refractivity contribution in [3.05, 3.63) is 0 Å². The second-order valence-electron chi connectivity index (χ2n) is 4.59. The fraction of sp³-hybridized carbons (Fsp3) is 0.900. The molecule has 2 heteroatoms. The van der Waals surface area contributed by atoms with Crippen molar-refractivity contribution < 1.29 is 4.79 Å². The monoisotopic (exact) mass is 167 g/mol. The Balaban J connectivity index is 2.05. The molecule has 0 aromatic rings. The highest BCUT2D eigenvalue weighted by Gasteiger charge is 2.41. The van der Waals surface area contributed by atoms with Gasteiger partial charge in [0.15, 0.2) is 0 Å². The molecule has 2 fully saturated rings. The predicted octanol–water partition coefficient (Wildman–Crippen LogP) is 1.70. The van der Waals surface area contributed by atoms with Gasteiger partial charge in [0.05, 0.1) is 0 Å². The van der Waals surface area contributed by atoms with E-state index < -0.39 is 0 Å². The molecule has 1 heterocycles. The van der Waals surface area contributed by atoms with Crippen LogP contribution in [0.4, 0.5) is 0 Å². The highest BCUT2D eigenvalue weighted by Crippen LogP contribution is 2.43. The number of carbonyl (C=O) groups is 1. The summed E-state index contributed by atoms with van der Waals surface area (Å²) in [5, 5.41) is 2.95. The molecule has 1 aliphatic heterocycles. The highest BCUT2D eigenvalue weighted by atomic mass is 16.1. The summed E-state index contributed by atoms with van der Waals surface area (Å²) in [5.74, 6) is 1.06. The van der Waals surface area contributed by atoms with E-state index in [9.17, 15) is 4.79 Å². The third-order valence-electron chi connectivity index (χ3n) is 3.59. The van der Waals surface area contributed by atoms with Gasteiger partial charge in [0.25, 0.3) is 0 Å². The second-order valence-corrected chi connectivity index (χ2v) is 4.59. The summed E-state index contributed by atoms with van der Waals surface area (Å²) in [6, 6.07) is 0. The molecule has 1 N–H and O–H groups in total. The Bertz CT molecular complexity index is 196. The third-order valence-corrected chi connectivity index (χ3v) is 3.59. The van der Waals surface area contributed by atoms with Crippen LogP contribution >= 0.6 is 0 Å². The van der Waals surface area contributed by atoms with Crippen molar-refractivity contribution in [3.63, 3.8) is 0 Å². The maximum atomic E-state index is 11.1. The first-order valence-corrected chi connectivity index (χ1v) is 4.97. The van der Waals surface area contributed by atoms with Gasteiger partial charge in [-0.15, -0.1) is 0 Å². The topological polar surface area (TPSA) is 29.1 Å². The van der Waals surface area contributed by atoms with Crippen molar-refractivity contribution in [2.75, 3.05) is 6.54 Å². The number of rotatable bonds is 1. The molecular formula is C10H17NO. The summed E-state index contributed by atoms with van der Waals surface area (Å²) in [6.45, 7) is 3.18. The smallest absolute Gasteiger partial charge is 0.220 e. The van der Waals surface area contributed by atoms with Crippen LogP contribution in [0.5, 0.6) is 0 Å². The Labute approximate surface area is 73.7 Å². The number of hydrogen-bond acceptors (Lipinski definition) is 1. The minimum Gasteiger partial charge on any atom is -0.356 e. The van der Waals surface area contributed by atoms with Crippen molar-refractivity contribution in [2.24, 2.45) is 11.3 Å². The van der Waals surface area contributed by atoms with E-state index in [-0.39, 0.29) is 11.3 Å². The van der Waals surface area contributed by atoms with E-state index in [1.54, 1.807) is 0 Å². The van der Waals surface area contributed by atoms with Gasteiger partial charge in [-0.3, -0.25) is 4.79 Å². The largest absolute Gasteiger partial charge is 0.356 e. The summed E-state index contributed by atoms with van der Waals surface area (Å²) in [6.07, 6.45) is 6.18. The van der Waals surface area contributed by atoms with E-state index in [0.717, 1.165) is 18.9 Å². The quantitative estimate of drug-likeness (QED) is 0.632. The molecule has 2 nitrogen and oxygen atoms in total. The summed E-state index contributed by atoms with van der Waals surface area (Å²) in [7, 11) is 0. The summed E-state index contributed by atoms with van der Waals surface area (Å²) < 4.78 is 0. The van der Waals surface area contributed by atoms with Crippen LogP contribution < -0.4 is 5.32 Å². The first-order chi connectivity index (χ1) is 5.71. The normalized spacial score (nSPS) is 37.2. The Kier molecular flexibility index (Phi) is 1.85. The van der Waals surface area contributed by atoms with E-state index in [4.69, 9.17) is 0 Å². The van der Waals surface area contributed by atoms with E-state index in [0.29, 0.717) is 0 Å². The zero-order valence-corrected chi connectivity index (χ0v) is 7.73. The van der Waals surface area contributed by atoms with Crippen LogP contribution in [0.3, 0.4) is 0 Å². The molecule has 0 aromatic heterocycles. The van der Waals surface area contributed by atoms with Gasteiger partial charge < -0.3 is 5.32 Å². The lowest BCUT2D eigenvalue weighted by Crippen LogP contribution is -2.27. The third kappa shape index (κ3) is 1.23. The summed E-state index contributed by atoms with van der Waals surface area (Å²) in [4.78, 5) is 11.1. The average molecular weight is 167 g/mol. The average Bonchev–Trinajstić information content (AvgIpc) is 2.59. The maximum Gasteiger partial charge on any atom is 0.220 e. The number of nitrogens with one attached hydrogen (secondary N) is 1. The van der Waals surface area contributed by atoms with Crippen molar-refractivity contribution >= 4 is 5.91 Å². The first kappa shape index (κ1) is 8.09. The van der Waals surface area contributed by atoms with Gasteiger partial charge in [-0.05, 0) is 24.2 Å². The van der Waals surface area contributed by atoms with Crippen molar-refractivity contribution in [1.82, 2.24) is 5.32 Å². The standard InChI is InChI=1S/C10H17NO/c1-10(6-9(12)11-7-10)8-4-2-3-5-8/h8H,2-7H2,1H3,(H,11,12). The lowest BCUT2D eigenvalue weighted by molar-refractivity contribution is -0.119. The van der Waals surface area contributed by atoms with Gasteiger partial charge >= 0.3 is 0 Å². The van der Waals surface area contributed by atoms with E-state index in [2.05, 4.69) is 12.2 Å². The van der Waals surface area contributed by atoms with Gasteiger partial charge in [-0.25, -0.2) is 0 Å². The predicted molar refractivity (Wildman–Crippen MR) is 47.7 cm³/mol. The molecule has 1 atom stereocenters. The van der Waals surface area contributed by atoms with E-state index in [1.807, 2.05) is 0 Å². The molecular weight excluding hydrogens is 150 g/mol. The molecule has 12 heavy (non-hydrogen) atoms. The molecule has 2 rings (SSSR count). The molecule has 0 radical (unpaired) electrons. The number of hydrogen-bond donors (Lipinski definition) is 1. The Hall–Kier alpha value is -0.530. The van der Waals surface area contributed by atoms with Crippen LogP contribution in [-0.2, 0) is 4.79 Å². The van der Waals surface area contributed by atoms with Crippen LogP contribution in [0.1, 0.15) is 39.0 Å². The fourth-order valence-electron chi connectivity index (χ4n) is 2.70. The van der Waals surface area contributed by atoms with Crippen LogP contribution in [0, 0.1) is 11.3 Å². The number of carbonyl (C=O) groups excluding carboxylic acids is 1. The van der Waals surface area contributed by atoms with E-state index in [1.165, 1.54) is 25.7 Å². The molecule has 0 spiro atoms. The Morgan fingerprint density at radius 3 is 2.58 bits per heavy atom. The lowest BCUT2D eigenvalue weighted by Gasteiger charge is -2.28. The first-order valence-electron chi connectivity index (χ1n) is 4.97. The molecule has 2 aliphatic rings. The number of amides is 1. The second kappa shape index (κ2) is 2.75.